The van der Waals surface area contributed by atoms with Crippen LogP contribution in [0.2, 0.25) is 8.87 Å². The van der Waals surface area contributed by atoms with E-state index in [1.54, 1.807) is 4.44 Å². The molecular formula is C22H48OSn. The van der Waals surface area contributed by atoms with Gasteiger partial charge in [-0.05, 0) is 12.8 Å². The van der Waals surface area contributed by atoms with Gasteiger partial charge in [0.25, 0.3) is 0 Å². The second-order valence-corrected chi connectivity index (χ2v) is 11.7. The Kier molecular flexibility index (Phi) is 32.1. The Morgan fingerprint density at radius 3 is 1.33 bits per heavy atom. The van der Waals surface area contributed by atoms with Crippen LogP contribution in [0.25, 0.3) is 0 Å². The Morgan fingerprint density at radius 2 is 0.917 bits per heavy atom. The molecule has 0 aliphatic carbocycles. The van der Waals surface area contributed by atoms with Crippen molar-refractivity contribution in [2.45, 2.75) is 126 Å². The van der Waals surface area contributed by atoms with Crippen LogP contribution in [0.5, 0.6) is 0 Å². The number of hydrogen-bond acceptors (Lipinski definition) is 1. The molecule has 0 unspecified atom stereocenters. The van der Waals surface area contributed by atoms with E-state index >= 15 is 0 Å². The summed E-state index contributed by atoms with van der Waals surface area (Å²) in [5.74, 6) is 0. The van der Waals surface area contributed by atoms with Gasteiger partial charge in [-0.2, -0.15) is 0 Å². The normalized spacial score (nSPS) is 10.5. The predicted molar refractivity (Wildman–Crippen MR) is 114 cm³/mol. The second kappa shape index (κ2) is 28.6. The van der Waals surface area contributed by atoms with Crippen LogP contribution in [0.3, 0.4) is 0 Å². The van der Waals surface area contributed by atoms with Crippen LogP contribution in [0.15, 0.2) is 0 Å². The van der Waals surface area contributed by atoms with Gasteiger partial charge >= 0.3 is 56.7 Å². The van der Waals surface area contributed by atoms with E-state index in [-0.39, 0.29) is 21.1 Å². The van der Waals surface area contributed by atoms with Crippen LogP contribution in [-0.4, -0.2) is 34.4 Å². The van der Waals surface area contributed by atoms with Crippen molar-refractivity contribution in [1.82, 2.24) is 0 Å². The maximum absolute atomic E-state index is 5.65. The molecule has 0 bridgehead atoms. The van der Waals surface area contributed by atoms with Crippen molar-refractivity contribution in [2.75, 3.05) is 13.2 Å². The Morgan fingerprint density at radius 1 is 0.500 bits per heavy atom. The molecule has 24 heavy (non-hydrogen) atoms. The van der Waals surface area contributed by atoms with Crippen molar-refractivity contribution in [3.63, 3.8) is 0 Å². The van der Waals surface area contributed by atoms with Gasteiger partial charge in [-0.1, -0.05) is 78.1 Å². The summed E-state index contributed by atoms with van der Waals surface area (Å²) in [6, 6.07) is 0. The van der Waals surface area contributed by atoms with E-state index in [2.05, 4.69) is 27.7 Å². The molecule has 0 heterocycles. The molecule has 0 saturated carbocycles. The molecule has 146 valence electrons. The van der Waals surface area contributed by atoms with E-state index in [9.17, 15) is 0 Å². The summed E-state index contributed by atoms with van der Waals surface area (Å²) in [5.41, 5.74) is 0. The predicted octanol–water partition coefficient (Wildman–Crippen LogP) is 8.07. The molecule has 0 saturated heterocycles. The van der Waals surface area contributed by atoms with Gasteiger partial charge in [0.05, 0.1) is 0 Å². The first-order valence-electron chi connectivity index (χ1n) is 11.1. The van der Waals surface area contributed by atoms with E-state index in [4.69, 9.17) is 4.74 Å². The average Bonchev–Trinajstić information content (AvgIpc) is 2.60. The van der Waals surface area contributed by atoms with Gasteiger partial charge in [-0.25, -0.2) is 0 Å². The Balaban J connectivity index is 0. The van der Waals surface area contributed by atoms with E-state index in [1.807, 2.05) is 0 Å². The molecule has 0 N–H and O–H groups in total. The molecule has 0 atom stereocenters. The second-order valence-electron chi connectivity index (χ2n) is 6.86. The van der Waals surface area contributed by atoms with Crippen molar-refractivity contribution in [1.29, 1.82) is 0 Å². The SMILES string of the molecule is CCCCCCCCOCCCCCCCC.CCC[CH2][Sn][CH2]C. The molecule has 1 nitrogen and oxygen atoms in total. The van der Waals surface area contributed by atoms with Crippen LogP contribution in [0.1, 0.15) is 118 Å². The number of rotatable bonds is 18. The molecule has 0 spiro atoms. The summed E-state index contributed by atoms with van der Waals surface area (Å²) < 4.78 is 8.79. The molecule has 0 aliphatic rings. The number of hydrogen-bond donors (Lipinski definition) is 0. The standard InChI is InChI=1S/C16H34O.C4H9.C2H5.Sn/c1-3-5-7-9-11-13-15-17-16-14-12-10-8-6-4-2;1-3-4-2;1-2;/h3-16H2,1-2H3;1,3-4H2,2H3;1H2,2H3;. The minimum absolute atomic E-state index is 0.184. The van der Waals surface area contributed by atoms with Gasteiger partial charge in [0.1, 0.15) is 0 Å². The zero-order chi connectivity index (χ0) is 18.1. The summed E-state index contributed by atoms with van der Waals surface area (Å²) in [4.78, 5) is 0. The first-order valence-corrected chi connectivity index (χ1v) is 15.1. The topological polar surface area (TPSA) is 9.23 Å². The molecule has 2 heteroatoms. The van der Waals surface area contributed by atoms with Gasteiger partial charge in [0, 0.05) is 13.2 Å². The van der Waals surface area contributed by atoms with E-state index < -0.39 is 0 Å². The van der Waals surface area contributed by atoms with Crippen LogP contribution in [0, 0.1) is 0 Å². The summed E-state index contributed by atoms with van der Waals surface area (Å²) in [5, 5.41) is 0. The van der Waals surface area contributed by atoms with Crippen molar-refractivity contribution < 1.29 is 4.74 Å². The average molecular weight is 447 g/mol. The first-order chi connectivity index (χ1) is 11.8. The fourth-order valence-corrected chi connectivity index (χ4v) is 5.28. The van der Waals surface area contributed by atoms with Crippen LogP contribution >= 0.6 is 0 Å². The van der Waals surface area contributed by atoms with Gasteiger partial charge in [0.2, 0.25) is 0 Å². The molecule has 0 fully saturated rings. The third-order valence-electron chi connectivity index (χ3n) is 4.24. The van der Waals surface area contributed by atoms with Crippen molar-refractivity contribution in [2.24, 2.45) is 0 Å². The van der Waals surface area contributed by atoms with Crippen molar-refractivity contribution in [3.05, 3.63) is 0 Å². The summed E-state index contributed by atoms with van der Waals surface area (Å²) in [6.45, 7) is 11.1. The van der Waals surface area contributed by atoms with Crippen LogP contribution in [0.4, 0.5) is 0 Å². The van der Waals surface area contributed by atoms with E-state index in [0.29, 0.717) is 0 Å². The van der Waals surface area contributed by atoms with Gasteiger partial charge < -0.3 is 4.74 Å². The third kappa shape index (κ3) is 30.6. The van der Waals surface area contributed by atoms with Gasteiger partial charge in [-0.3, -0.25) is 0 Å². The summed E-state index contributed by atoms with van der Waals surface area (Å²) >= 11 is 0.184. The molecule has 2 radical (unpaired) electrons. The molecule has 0 aromatic heterocycles. The quantitative estimate of drug-likeness (QED) is 0.153. The zero-order valence-electron chi connectivity index (χ0n) is 17.6. The van der Waals surface area contributed by atoms with Crippen molar-refractivity contribution >= 4 is 21.1 Å². The monoisotopic (exact) mass is 448 g/mol. The fourth-order valence-electron chi connectivity index (χ4n) is 2.55. The molecule has 0 aromatic rings. The van der Waals surface area contributed by atoms with E-state index in [1.165, 1.54) is 94.3 Å². The molecule has 0 rings (SSSR count). The molecule has 0 aliphatic heterocycles. The first kappa shape index (κ1) is 27.0. The summed E-state index contributed by atoms with van der Waals surface area (Å²) in [7, 11) is 0. The Bertz CT molecular complexity index is 167. The number of ether oxygens (including phenoxy) is 1. The van der Waals surface area contributed by atoms with Gasteiger partial charge in [-0.15, -0.1) is 0 Å². The van der Waals surface area contributed by atoms with E-state index in [0.717, 1.165) is 13.2 Å². The van der Waals surface area contributed by atoms with Crippen LogP contribution in [-0.2, 0) is 4.74 Å². The molecule has 0 amide bonds. The van der Waals surface area contributed by atoms with Crippen molar-refractivity contribution in [3.8, 4) is 0 Å². The summed E-state index contributed by atoms with van der Waals surface area (Å²) in [6.07, 6.45) is 19.2. The maximum atomic E-state index is 5.65. The minimum atomic E-state index is 0.184. The zero-order valence-corrected chi connectivity index (χ0v) is 20.5. The Labute approximate surface area is 165 Å². The Hall–Kier alpha value is 0.759. The number of unbranched alkanes of at least 4 members (excludes halogenated alkanes) is 11. The fraction of sp³-hybridized carbons (Fsp3) is 1.00. The van der Waals surface area contributed by atoms with Gasteiger partial charge in [0.15, 0.2) is 0 Å². The third-order valence-corrected chi connectivity index (χ3v) is 7.69. The molecular weight excluding hydrogens is 399 g/mol. The molecule has 0 aromatic carbocycles. The van der Waals surface area contributed by atoms with Crippen LogP contribution < -0.4 is 0 Å².